The van der Waals surface area contributed by atoms with Crippen LogP contribution in [0.3, 0.4) is 0 Å². The first kappa shape index (κ1) is 60.8. The number of para-hydroxylation sites is 1. The van der Waals surface area contributed by atoms with Crippen LogP contribution in [0.25, 0.3) is 10.9 Å². The van der Waals surface area contributed by atoms with Crippen LogP contribution in [0.5, 0.6) is 0 Å². The topological polar surface area (TPSA) is 450 Å². The SMILES string of the molecule is CC(=O)NCCC1NC(=O)C(NC(=O)C(CCCN=C(N)N)NC(C)=O)CC(=O)NCCCCC(C(N)=O)NC(=O)C(Cc2c[nH]c3ccccc23)NC(=O)C(CCCN=C(N)N)NC(=O)C(Cc2ccccc2)NC1=O. The third kappa shape index (κ3) is 21.5. The summed E-state index contributed by atoms with van der Waals surface area (Å²) in [6.07, 6.45) is 1.26. The molecule has 2 heterocycles. The minimum atomic E-state index is -1.68. The van der Waals surface area contributed by atoms with E-state index in [0.29, 0.717) is 11.1 Å². The van der Waals surface area contributed by atoms with Crippen molar-refractivity contribution in [3.8, 4) is 0 Å². The first-order chi connectivity index (χ1) is 36.7. The second kappa shape index (κ2) is 31.2. The number of primary amides is 1. The van der Waals surface area contributed by atoms with Gasteiger partial charge in [-0.25, -0.2) is 0 Å². The van der Waals surface area contributed by atoms with Gasteiger partial charge in [0, 0.05) is 70.0 Å². The van der Waals surface area contributed by atoms with Crippen LogP contribution >= 0.6 is 0 Å². The molecule has 20 N–H and O–H groups in total. The number of rotatable bonds is 19. The van der Waals surface area contributed by atoms with Crippen molar-refractivity contribution < 1.29 is 47.9 Å². The number of nitrogens with zero attached hydrogens (tertiary/aromatic N) is 2. The van der Waals surface area contributed by atoms with E-state index in [-0.39, 0.29) is 102 Å². The number of carbonyl (C=O) groups is 10. The molecule has 1 aromatic heterocycles. The summed E-state index contributed by atoms with van der Waals surface area (Å²) in [7, 11) is 0. The van der Waals surface area contributed by atoms with E-state index in [0.717, 1.165) is 10.9 Å². The Labute approximate surface area is 445 Å². The summed E-state index contributed by atoms with van der Waals surface area (Å²) in [6.45, 7) is 2.38. The summed E-state index contributed by atoms with van der Waals surface area (Å²) >= 11 is 0. The van der Waals surface area contributed by atoms with Crippen LogP contribution in [0.1, 0.15) is 82.8 Å². The first-order valence-electron chi connectivity index (χ1n) is 25.3. The zero-order chi connectivity index (χ0) is 56.4. The first-order valence-corrected chi connectivity index (χ1v) is 25.3. The molecule has 27 nitrogen and oxygen atoms in total. The molecule has 10 amide bonds. The molecule has 4 rings (SSSR count). The maximum atomic E-state index is 14.7. The van der Waals surface area contributed by atoms with Crippen LogP contribution in [-0.2, 0) is 60.8 Å². The third-order valence-electron chi connectivity index (χ3n) is 12.2. The third-order valence-corrected chi connectivity index (χ3v) is 12.2. The van der Waals surface area contributed by atoms with Gasteiger partial charge in [-0.05, 0) is 68.6 Å². The number of amides is 10. The lowest BCUT2D eigenvalue weighted by Gasteiger charge is -2.28. The maximum Gasteiger partial charge on any atom is 0.243 e. The van der Waals surface area contributed by atoms with Gasteiger partial charge >= 0.3 is 0 Å². The number of hydrogen-bond donors (Lipinski definition) is 15. The standard InChI is InChI=1S/C50H73N17O10/c1-28(68)56-23-19-37-45(74)65-38(24-30-12-4-3-5-13-30)46(75)63-36(18-11-22-59-50(54)55)44(73)66-39(25-31-27-60-33-15-7-6-14-32(31)33)47(76)62-34(42(51)71)16-8-9-20-57-41(70)26-40(48(77)64-37)67-43(72)35(61-29(2)69)17-10-21-58-49(52)53/h3-7,12-15,27,34-40,60H,8-11,16-26H2,1-2H3,(H2,51,71)(H,56,68)(H,57,70)(H,61,69)(H,62,76)(H,63,75)(H,64,77)(H,65,74)(H,66,73)(H,67,72)(H4,52,53,58)(H4,54,55,59). The van der Waals surface area contributed by atoms with Gasteiger partial charge in [-0.1, -0.05) is 48.5 Å². The predicted octanol–water partition coefficient (Wildman–Crippen LogP) is -3.82. The smallest absolute Gasteiger partial charge is 0.243 e. The van der Waals surface area contributed by atoms with E-state index >= 15 is 0 Å². The largest absolute Gasteiger partial charge is 0.370 e. The second-order valence-corrected chi connectivity index (χ2v) is 18.5. The van der Waals surface area contributed by atoms with E-state index in [1.807, 2.05) is 18.2 Å². The minimum Gasteiger partial charge on any atom is -0.370 e. The van der Waals surface area contributed by atoms with E-state index in [1.165, 1.54) is 13.8 Å². The number of aromatic amines is 1. The molecule has 0 aliphatic carbocycles. The van der Waals surface area contributed by atoms with Crippen molar-refractivity contribution in [1.82, 2.24) is 52.8 Å². The number of nitrogens with one attached hydrogen (secondary N) is 10. The summed E-state index contributed by atoms with van der Waals surface area (Å²) in [4.78, 5) is 148. The van der Waals surface area contributed by atoms with Crippen molar-refractivity contribution in [3.05, 3.63) is 71.9 Å². The zero-order valence-electron chi connectivity index (χ0n) is 43.3. The van der Waals surface area contributed by atoms with Gasteiger partial charge in [-0.2, -0.15) is 0 Å². The number of carbonyl (C=O) groups excluding carboxylic acids is 10. The zero-order valence-corrected chi connectivity index (χ0v) is 43.3. The summed E-state index contributed by atoms with van der Waals surface area (Å²) in [5, 5.41) is 24.5. The molecule has 77 heavy (non-hydrogen) atoms. The normalized spacial score (nSPS) is 20.8. The Bertz CT molecular complexity index is 2600. The molecule has 7 unspecified atom stereocenters. The van der Waals surface area contributed by atoms with Gasteiger partial charge in [-0.3, -0.25) is 57.9 Å². The van der Waals surface area contributed by atoms with Crippen molar-refractivity contribution in [2.24, 2.45) is 38.7 Å². The summed E-state index contributed by atoms with van der Waals surface area (Å²) < 4.78 is 0. The van der Waals surface area contributed by atoms with Gasteiger partial charge in [-0.15, -0.1) is 0 Å². The molecule has 27 heteroatoms. The molecule has 0 saturated carbocycles. The van der Waals surface area contributed by atoms with Crippen molar-refractivity contribution in [2.75, 3.05) is 26.2 Å². The van der Waals surface area contributed by atoms with E-state index in [9.17, 15) is 47.9 Å². The fourth-order valence-electron chi connectivity index (χ4n) is 8.33. The number of nitrogens with two attached hydrogens (primary N) is 5. The fraction of sp³-hybridized carbons (Fsp3) is 0.480. The quantitative estimate of drug-likeness (QED) is 0.0311. The summed E-state index contributed by atoms with van der Waals surface area (Å²) in [5.41, 5.74) is 29.8. The van der Waals surface area contributed by atoms with Crippen LogP contribution in [-0.4, -0.2) is 144 Å². The van der Waals surface area contributed by atoms with Gasteiger partial charge in [0.15, 0.2) is 11.9 Å². The average Bonchev–Trinajstić information content (AvgIpc) is 3.79. The van der Waals surface area contributed by atoms with Crippen LogP contribution in [0, 0.1) is 0 Å². The molecule has 7 atom stereocenters. The minimum absolute atomic E-state index is 0.00471. The van der Waals surface area contributed by atoms with Crippen LogP contribution in [0.15, 0.2) is 70.8 Å². The van der Waals surface area contributed by atoms with Crippen LogP contribution in [0.4, 0.5) is 0 Å². The van der Waals surface area contributed by atoms with Crippen molar-refractivity contribution in [2.45, 2.75) is 127 Å². The Balaban J connectivity index is 1.79. The summed E-state index contributed by atoms with van der Waals surface area (Å²) in [6, 6.07) is 5.94. The molecule has 1 fully saturated rings. The molecule has 418 valence electrons. The Kier molecular flexibility index (Phi) is 24.6. The maximum absolute atomic E-state index is 14.7. The van der Waals surface area contributed by atoms with E-state index in [2.05, 4.69) is 62.8 Å². The summed E-state index contributed by atoms with van der Waals surface area (Å²) in [5.74, 6) is -8.36. The van der Waals surface area contributed by atoms with Crippen LogP contribution < -0.4 is 76.5 Å². The highest BCUT2D eigenvalue weighted by molar-refractivity contribution is 5.99. The highest BCUT2D eigenvalue weighted by atomic mass is 16.2. The van der Waals surface area contributed by atoms with Gasteiger partial charge in [0.2, 0.25) is 59.1 Å². The van der Waals surface area contributed by atoms with Crippen molar-refractivity contribution in [1.29, 1.82) is 0 Å². The Morgan fingerprint density at radius 2 is 1.25 bits per heavy atom. The highest BCUT2D eigenvalue weighted by Crippen LogP contribution is 2.20. The molecule has 3 aromatic rings. The molecule has 1 aliphatic rings. The Hall–Kier alpha value is -8.78. The molecule has 0 spiro atoms. The fourth-order valence-corrected chi connectivity index (χ4v) is 8.33. The Morgan fingerprint density at radius 3 is 1.90 bits per heavy atom. The van der Waals surface area contributed by atoms with E-state index in [4.69, 9.17) is 28.7 Å². The van der Waals surface area contributed by atoms with E-state index in [1.54, 1.807) is 42.6 Å². The average molecular weight is 1070 g/mol. The van der Waals surface area contributed by atoms with Gasteiger partial charge in [0.25, 0.3) is 0 Å². The molecular weight excluding hydrogens is 999 g/mol. The molecular formula is C50H73N17O10. The molecule has 0 bridgehead atoms. The molecule has 1 saturated heterocycles. The lowest BCUT2D eigenvalue weighted by Crippen LogP contribution is -2.61. The number of H-pyrrole nitrogens is 1. The molecule has 1 aliphatic heterocycles. The van der Waals surface area contributed by atoms with Crippen molar-refractivity contribution in [3.63, 3.8) is 0 Å². The number of fused-ring (bicyclic) bond motifs is 1. The number of guanidine groups is 2. The number of aromatic nitrogens is 1. The predicted molar refractivity (Wildman–Crippen MR) is 285 cm³/mol. The lowest BCUT2D eigenvalue weighted by atomic mass is 10.0. The van der Waals surface area contributed by atoms with Crippen molar-refractivity contribution >= 4 is 81.9 Å². The van der Waals surface area contributed by atoms with Gasteiger partial charge < -0.3 is 81.5 Å². The Morgan fingerprint density at radius 1 is 0.662 bits per heavy atom. The monoisotopic (exact) mass is 1070 g/mol. The molecule has 2 aromatic carbocycles. The number of benzene rings is 2. The molecule has 0 radical (unpaired) electrons. The highest BCUT2D eigenvalue weighted by Gasteiger charge is 2.35. The van der Waals surface area contributed by atoms with Gasteiger partial charge in [0.1, 0.15) is 42.3 Å². The van der Waals surface area contributed by atoms with E-state index < -0.39 is 108 Å². The van der Waals surface area contributed by atoms with Crippen LogP contribution in [0.2, 0.25) is 0 Å². The van der Waals surface area contributed by atoms with Gasteiger partial charge in [0.05, 0.1) is 6.42 Å². The lowest BCUT2D eigenvalue weighted by molar-refractivity contribution is -0.136. The number of aliphatic imine (C=N–C) groups is 2. The number of hydrogen-bond acceptors (Lipinski definition) is 12. The second-order valence-electron chi connectivity index (χ2n) is 18.5.